The number of carbonyl (C=O) groups excluding carboxylic acids is 2. The van der Waals surface area contributed by atoms with Crippen LogP contribution in [0.5, 0.6) is 0 Å². The van der Waals surface area contributed by atoms with E-state index in [1.807, 2.05) is 32.9 Å². The molecule has 5 nitrogen and oxygen atoms in total. The fourth-order valence-electron chi connectivity index (χ4n) is 3.36. The normalized spacial score (nSPS) is 18.7. The van der Waals surface area contributed by atoms with Gasteiger partial charge in [0.05, 0.1) is 24.3 Å². The van der Waals surface area contributed by atoms with Crippen LogP contribution >= 0.6 is 11.6 Å². The van der Waals surface area contributed by atoms with Crippen molar-refractivity contribution >= 4 is 29.1 Å². The maximum absolute atomic E-state index is 12.9. The molecule has 0 spiro atoms. The first-order chi connectivity index (χ1) is 13.8. The smallest absolute Gasteiger partial charge is 0.295 e. The van der Waals surface area contributed by atoms with Gasteiger partial charge in [-0.25, -0.2) is 0 Å². The number of rotatable bonds is 6. The number of nitrogens with zero attached hydrogens (tertiary/aromatic N) is 1. The van der Waals surface area contributed by atoms with Crippen LogP contribution in [0.15, 0.2) is 54.1 Å². The van der Waals surface area contributed by atoms with Gasteiger partial charge in [0.15, 0.2) is 0 Å². The molecule has 1 aliphatic rings. The summed E-state index contributed by atoms with van der Waals surface area (Å²) >= 11 is 6.01. The number of aliphatic hydroxyl groups excluding tert-OH is 1. The number of ketones is 1. The van der Waals surface area contributed by atoms with Gasteiger partial charge in [-0.2, -0.15) is 0 Å². The summed E-state index contributed by atoms with van der Waals surface area (Å²) < 4.78 is 5.58. The number of halogens is 1. The first-order valence-corrected chi connectivity index (χ1v) is 9.90. The number of ether oxygens (including phenoxy) is 1. The molecule has 3 rings (SSSR count). The number of carbonyl (C=O) groups is 2. The molecule has 1 N–H and O–H groups in total. The van der Waals surface area contributed by atoms with Crippen LogP contribution in [0, 0.1) is 6.92 Å². The summed E-state index contributed by atoms with van der Waals surface area (Å²) in [6, 6.07) is 13.4. The van der Waals surface area contributed by atoms with Gasteiger partial charge >= 0.3 is 0 Å². The molecule has 1 unspecified atom stereocenters. The third-order valence-electron chi connectivity index (χ3n) is 4.83. The Balaban J connectivity index is 2.07. The Bertz CT molecular complexity index is 932. The van der Waals surface area contributed by atoms with Gasteiger partial charge in [0.1, 0.15) is 5.76 Å². The minimum absolute atomic E-state index is 0.00774. The number of amides is 1. The van der Waals surface area contributed by atoms with Crippen molar-refractivity contribution in [1.82, 2.24) is 4.90 Å². The maximum atomic E-state index is 12.9. The van der Waals surface area contributed by atoms with E-state index >= 15 is 0 Å². The Labute approximate surface area is 175 Å². The van der Waals surface area contributed by atoms with Crippen molar-refractivity contribution in [2.45, 2.75) is 32.9 Å². The fourth-order valence-corrected chi connectivity index (χ4v) is 3.48. The van der Waals surface area contributed by atoms with E-state index < -0.39 is 17.7 Å². The molecule has 1 fully saturated rings. The Morgan fingerprint density at radius 1 is 1.10 bits per heavy atom. The van der Waals surface area contributed by atoms with Crippen molar-refractivity contribution in [2.75, 3.05) is 13.2 Å². The van der Waals surface area contributed by atoms with E-state index in [2.05, 4.69) is 0 Å². The third kappa shape index (κ3) is 4.52. The van der Waals surface area contributed by atoms with Crippen LogP contribution in [0.4, 0.5) is 0 Å². The van der Waals surface area contributed by atoms with Crippen LogP contribution in [0.3, 0.4) is 0 Å². The number of Topliss-reactive ketones (excluding diaryl/α,β-unsaturated/α-hetero) is 1. The van der Waals surface area contributed by atoms with Crippen LogP contribution in [-0.2, 0) is 14.3 Å². The van der Waals surface area contributed by atoms with E-state index in [0.717, 1.165) is 5.56 Å². The zero-order valence-corrected chi connectivity index (χ0v) is 17.4. The summed E-state index contributed by atoms with van der Waals surface area (Å²) in [5.41, 5.74) is 2.30. The number of benzene rings is 2. The van der Waals surface area contributed by atoms with Gasteiger partial charge in [-0.1, -0.05) is 53.6 Å². The minimum atomic E-state index is -0.704. The number of aliphatic hydroxyl groups is 1. The minimum Gasteiger partial charge on any atom is -0.507 e. The molecule has 6 heteroatoms. The number of hydrogen-bond acceptors (Lipinski definition) is 4. The van der Waals surface area contributed by atoms with E-state index in [0.29, 0.717) is 22.8 Å². The molecule has 2 aromatic rings. The summed E-state index contributed by atoms with van der Waals surface area (Å²) in [5.74, 6) is -1.53. The highest BCUT2D eigenvalue weighted by Crippen LogP contribution is 2.39. The van der Waals surface area contributed by atoms with Crippen LogP contribution in [0.25, 0.3) is 5.76 Å². The molecule has 152 valence electrons. The van der Waals surface area contributed by atoms with Crippen LogP contribution in [-0.4, -0.2) is 41.0 Å². The average Bonchev–Trinajstić information content (AvgIpc) is 2.93. The predicted octanol–water partition coefficient (Wildman–Crippen LogP) is 4.50. The molecule has 0 saturated carbocycles. The molecule has 29 heavy (non-hydrogen) atoms. The molecule has 0 bridgehead atoms. The third-order valence-corrected chi connectivity index (χ3v) is 5.09. The first-order valence-electron chi connectivity index (χ1n) is 9.52. The molecule has 2 aromatic carbocycles. The van der Waals surface area contributed by atoms with Crippen molar-refractivity contribution < 1.29 is 19.4 Å². The Hall–Kier alpha value is -2.63. The van der Waals surface area contributed by atoms with Crippen molar-refractivity contribution in [3.8, 4) is 0 Å². The van der Waals surface area contributed by atoms with Crippen molar-refractivity contribution in [2.24, 2.45) is 0 Å². The van der Waals surface area contributed by atoms with Crippen molar-refractivity contribution in [3.05, 3.63) is 75.8 Å². The van der Waals surface area contributed by atoms with E-state index in [4.69, 9.17) is 16.3 Å². The largest absolute Gasteiger partial charge is 0.507 e. The lowest BCUT2D eigenvalue weighted by atomic mass is 9.95. The summed E-state index contributed by atoms with van der Waals surface area (Å²) in [6.07, 6.45) is 0.00774. The van der Waals surface area contributed by atoms with E-state index in [9.17, 15) is 14.7 Å². The average molecular weight is 414 g/mol. The van der Waals surface area contributed by atoms with E-state index in [-0.39, 0.29) is 24.0 Å². The number of likely N-dealkylation sites (tertiary alicyclic amines) is 1. The number of aryl methyl sites for hydroxylation is 1. The summed E-state index contributed by atoms with van der Waals surface area (Å²) in [7, 11) is 0. The van der Waals surface area contributed by atoms with E-state index in [1.54, 1.807) is 36.4 Å². The molecule has 1 saturated heterocycles. The van der Waals surface area contributed by atoms with Gasteiger partial charge < -0.3 is 14.7 Å². The van der Waals surface area contributed by atoms with Gasteiger partial charge in [-0.3, -0.25) is 9.59 Å². The lowest BCUT2D eigenvalue weighted by molar-refractivity contribution is -0.140. The fraction of sp³-hybridized carbons (Fsp3) is 0.304. The standard InChI is InChI=1S/C23H24ClNO4/c1-14(2)29-13-12-25-20(16-8-10-18(24)11-9-16)19(22(27)23(25)28)21(26)17-6-4-15(3)5-7-17/h4-11,14,20,26H,12-13H2,1-3H3/b21-19-. The second-order valence-corrected chi connectivity index (χ2v) is 7.77. The maximum Gasteiger partial charge on any atom is 0.295 e. The van der Waals surface area contributed by atoms with E-state index in [1.165, 1.54) is 4.90 Å². The van der Waals surface area contributed by atoms with Gasteiger partial charge in [0.2, 0.25) is 0 Å². The van der Waals surface area contributed by atoms with Gasteiger partial charge in [-0.15, -0.1) is 0 Å². The highest BCUT2D eigenvalue weighted by Gasteiger charge is 2.45. The predicted molar refractivity (Wildman–Crippen MR) is 113 cm³/mol. The molecular weight excluding hydrogens is 390 g/mol. The van der Waals surface area contributed by atoms with Gasteiger partial charge in [0, 0.05) is 17.1 Å². The topological polar surface area (TPSA) is 66.8 Å². The molecule has 1 heterocycles. The lowest BCUT2D eigenvalue weighted by Gasteiger charge is -2.25. The second kappa shape index (κ2) is 8.80. The highest BCUT2D eigenvalue weighted by molar-refractivity contribution is 6.46. The Morgan fingerprint density at radius 3 is 2.31 bits per heavy atom. The van der Waals surface area contributed by atoms with Crippen molar-refractivity contribution in [1.29, 1.82) is 0 Å². The second-order valence-electron chi connectivity index (χ2n) is 7.33. The van der Waals surface area contributed by atoms with Gasteiger partial charge in [-0.05, 0) is 38.5 Å². The quantitative estimate of drug-likeness (QED) is 0.430. The Kier molecular flexibility index (Phi) is 6.40. The monoisotopic (exact) mass is 413 g/mol. The molecule has 0 radical (unpaired) electrons. The van der Waals surface area contributed by atoms with Crippen molar-refractivity contribution in [3.63, 3.8) is 0 Å². The summed E-state index contributed by atoms with van der Waals surface area (Å²) in [6.45, 7) is 6.27. The molecule has 1 atom stereocenters. The lowest BCUT2D eigenvalue weighted by Crippen LogP contribution is -2.33. The SMILES string of the molecule is Cc1ccc(/C(O)=C2/C(=O)C(=O)N(CCOC(C)C)C2c2ccc(Cl)cc2)cc1. The summed E-state index contributed by atoms with van der Waals surface area (Å²) in [4.78, 5) is 27.1. The molecule has 0 aromatic heterocycles. The molecule has 1 amide bonds. The van der Waals surface area contributed by atoms with Crippen LogP contribution in [0.1, 0.15) is 36.6 Å². The Morgan fingerprint density at radius 2 is 1.72 bits per heavy atom. The molecule has 0 aliphatic carbocycles. The summed E-state index contributed by atoms with van der Waals surface area (Å²) in [5, 5.41) is 11.5. The first kappa shape index (κ1) is 21.1. The highest BCUT2D eigenvalue weighted by atomic mass is 35.5. The van der Waals surface area contributed by atoms with Gasteiger partial charge in [0.25, 0.3) is 11.7 Å². The van der Waals surface area contributed by atoms with Crippen LogP contribution < -0.4 is 0 Å². The molecule has 1 aliphatic heterocycles. The number of hydrogen-bond donors (Lipinski definition) is 1. The van der Waals surface area contributed by atoms with Crippen LogP contribution in [0.2, 0.25) is 5.02 Å². The zero-order chi connectivity index (χ0) is 21.1. The molecular formula is C23H24ClNO4. The zero-order valence-electron chi connectivity index (χ0n) is 16.7.